The van der Waals surface area contributed by atoms with Crippen LogP contribution in [0.1, 0.15) is 24.1 Å². The number of hydrogen-bond acceptors (Lipinski definition) is 8. The van der Waals surface area contributed by atoms with Gasteiger partial charge in [0.1, 0.15) is 18.1 Å². The maximum atomic E-state index is 13.1. The van der Waals surface area contributed by atoms with Gasteiger partial charge in [-0.25, -0.2) is 9.78 Å². The molecule has 0 radical (unpaired) electrons. The summed E-state index contributed by atoms with van der Waals surface area (Å²) in [4.78, 5) is 71.4. The van der Waals surface area contributed by atoms with Gasteiger partial charge in [0.05, 0.1) is 12.4 Å². The van der Waals surface area contributed by atoms with Gasteiger partial charge in [-0.05, 0) is 18.1 Å². The number of carbonyl (C=O) groups is 5. The zero-order chi connectivity index (χ0) is 29.2. The molecular formula is C25H31N7O7S. The van der Waals surface area contributed by atoms with Gasteiger partial charge in [0.15, 0.2) is 0 Å². The van der Waals surface area contributed by atoms with Crippen LogP contribution in [0.3, 0.4) is 0 Å². The number of carboxylic acids is 2. The number of thiol groups is 1. The van der Waals surface area contributed by atoms with Gasteiger partial charge in [-0.15, -0.1) is 0 Å². The molecule has 3 aromatic rings. The van der Waals surface area contributed by atoms with E-state index in [0.717, 1.165) is 10.9 Å². The number of imidazole rings is 1. The fraction of sp³-hybridized carbons (Fsp3) is 0.360. The van der Waals surface area contributed by atoms with Crippen LogP contribution < -0.4 is 21.7 Å². The van der Waals surface area contributed by atoms with Crippen molar-refractivity contribution in [2.24, 2.45) is 5.73 Å². The molecule has 0 fully saturated rings. The Morgan fingerprint density at radius 3 is 2.25 bits per heavy atom. The molecule has 214 valence electrons. The Kier molecular flexibility index (Phi) is 10.7. The van der Waals surface area contributed by atoms with Crippen LogP contribution in [-0.2, 0) is 36.8 Å². The van der Waals surface area contributed by atoms with Crippen LogP contribution >= 0.6 is 12.6 Å². The van der Waals surface area contributed by atoms with Crippen molar-refractivity contribution in [3.63, 3.8) is 0 Å². The first kappa shape index (κ1) is 30.2. The summed E-state index contributed by atoms with van der Waals surface area (Å²) in [7, 11) is 0. The zero-order valence-electron chi connectivity index (χ0n) is 21.3. The van der Waals surface area contributed by atoms with E-state index in [4.69, 9.17) is 10.8 Å². The van der Waals surface area contributed by atoms with Gasteiger partial charge < -0.3 is 41.9 Å². The smallest absolute Gasteiger partial charge is 0.326 e. The van der Waals surface area contributed by atoms with E-state index >= 15 is 0 Å². The molecule has 15 heteroatoms. The average Bonchev–Trinajstić information content (AvgIpc) is 3.58. The Morgan fingerprint density at radius 2 is 1.60 bits per heavy atom. The summed E-state index contributed by atoms with van der Waals surface area (Å²) in [6, 6.07) is 2.28. The number of aromatic amines is 2. The monoisotopic (exact) mass is 573 g/mol. The van der Waals surface area contributed by atoms with Crippen LogP contribution in [0.5, 0.6) is 0 Å². The number of nitrogens with two attached hydrogens (primary N) is 1. The number of nitrogens with zero attached hydrogens (tertiary/aromatic N) is 1. The van der Waals surface area contributed by atoms with E-state index < -0.39 is 60.2 Å². The summed E-state index contributed by atoms with van der Waals surface area (Å²) in [5, 5.41) is 26.9. The summed E-state index contributed by atoms with van der Waals surface area (Å²) >= 11 is 4.10. The molecule has 9 N–H and O–H groups in total. The molecule has 0 saturated carbocycles. The van der Waals surface area contributed by atoms with E-state index in [-0.39, 0.29) is 25.0 Å². The minimum Gasteiger partial charge on any atom is -0.481 e. The first-order chi connectivity index (χ1) is 19.1. The third kappa shape index (κ3) is 8.31. The van der Waals surface area contributed by atoms with E-state index in [9.17, 15) is 29.1 Å². The van der Waals surface area contributed by atoms with Gasteiger partial charge in [0.2, 0.25) is 17.7 Å². The second kappa shape index (κ2) is 14.1. The van der Waals surface area contributed by atoms with Crippen molar-refractivity contribution in [3.8, 4) is 0 Å². The van der Waals surface area contributed by atoms with Crippen LogP contribution in [0.15, 0.2) is 43.0 Å². The number of H-pyrrole nitrogens is 2. The summed E-state index contributed by atoms with van der Waals surface area (Å²) in [5.41, 5.74) is 7.97. The highest BCUT2D eigenvalue weighted by Gasteiger charge is 2.30. The minimum absolute atomic E-state index is 0.0613. The Labute approximate surface area is 233 Å². The van der Waals surface area contributed by atoms with E-state index in [1.54, 1.807) is 12.3 Å². The van der Waals surface area contributed by atoms with E-state index in [1.165, 1.54) is 12.5 Å². The minimum atomic E-state index is -1.40. The van der Waals surface area contributed by atoms with Gasteiger partial charge in [0, 0.05) is 54.0 Å². The molecule has 40 heavy (non-hydrogen) atoms. The van der Waals surface area contributed by atoms with Crippen LogP contribution in [0.2, 0.25) is 0 Å². The molecule has 4 unspecified atom stereocenters. The van der Waals surface area contributed by atoms with Gasteiger partial charge in [-0.3, -0.25) is 19.2 Å². The van der Waals surface area contributed by atoms with Crippen molar-refractivity contribution in [2.75, 3.05) is 5.75 Å². The summed E-state index contributed by atoms with van der Waals surface area (Å²) in [6.45, 7) is 0. The van der Waals surface area contributed by atoms with Gasteiger partial charge >= 0.3 is 11.9 Å². The molecule has 2 aromatic heterocycles. The fourth-order valence-corrected chi connectivity index (χ4v) is 4.26. The van der Waals surface area contributed by atoms with Crippen LogP contribution in [-0.4, -0.2) is 84.7 Å². The number of aromatic nitrogens is 3. The largest absolute Gasteiger partial charge is 0.481 e. The summed E-state index contributed by atoms with van der Waals surface area (Å²) in [6.07, 6.45) is 3.85. The molecule has 14 nitrogen and oxygen atoms in total. The molecule has 4 atom stereocenters. The normalized spacial score (nSPS) is 14.1. The van der Waals surface area contributed by atoms with Crippen LogP contribution in [0, 0.1) is 0 Å². The number of aliphatic carboxylic acids is 2. The molecule has 0 saturated heterocycles. The average molecular weight is 574 g/mol. The first-order valence-corrected chi connectivity index (χ1v) is 13.0. The lowest BCUT2D eigenvalue weighted by Crippen LogP contribution is -2.58. The molecule has 0 aliphatic heterocycles. The number of rotatable bonds is 15. The quantitative estimate of drug-likeness (QED) is 0.105. The fourth-order valence-electron chi connectivity index (χ4n) is 4.00. The number of hydrogen-bond donors (Lipinski definition) is 9. The highest BCUT2D eigenvalue weighted by Crippen LogP contribution is 2.19. The van der Waals surface area contributed by atoms with Gasteiger partial charge in [0.25, 0.3) is 0 Å². The number of fused-ring (bicyclic) bond motifs is 1. The van der Waals surface area contributed by atoms with Crippen molar-refractivity contribution < 1.29 is 34.2 Å². The Bertz CT molecular complexity index is 1340. The summed E-state index contributed by atoms with van der Waals surface area (Å²) in [5.74, 6) is -5.04. The van der Waals surface area contributed by atoms with Crippen molar-refractivity contribution in [1.29, 1.82) is 0 Å². The van der Waals surface area contributed by atoms with Crippen molar-refractivity contribution >= 4 is 53.2 Å². The molecule has 3 amide bonds. The topological polar surface area (TPSA) is 232 Å². The van der Waals surface area contributed by atoms with Gasteiger partial charge in [-0.1, -0.05) is 18.2 Å². The van der Waals surface area contributed by atoms with E-state index in [2.05, 4.69) is 43.5 Å². The number of nitrogens with one attached hydrogen (secondary N) is 5. The highest BCUT2D eigenvalue weighted by molar-refractivity contribution is 7.80. The van der Waals surface area contributed by atoms with E-state index in [1.807, 2.05) is 18.2 Å². The molecule has 0 aliphatic carbocycles. The molecule has 0 aliphatic rings. The lowest BCUT2D eigenvalue weighted by Gasteiger charge is -2.24. The molecule has 0 spiro atoms. The highest BCUT2D eigenvalue weighted by atomic mass is 32.1. The number of carboxylic acid groups (broad SMARTS) is 2. The number of para-hydroxylation sites is 1. The molecule has 1 aromatic carbocycles. The maximum absolute atomic E-state index is 13.1. The van der Waals surface area contributed by atoms with Gasteiger partial charge in [-0.2, -0.15) is 12.6 Å². The van der Waals surface area contributed by atoms with Crippen molar-refractivity contribution in [1.82, 2.24) is 30.9 Å². The lowest BCUT2D eigenvalue weighted by atomic mass is 10.0. The summed E-state index contributed by atoms with van der Waals surface area (Å²) < 4.78 is 0. The van der Waals surface area contributed by atoms with Crippen LogP contribution in [0.4, 0.5) is 0 Å². The number of benzene rings is 1. The Balaban J connectivity index is 1.67. The third-order valence-electron chi connectivity index (χ3n) is 6.14. The van der Waals surface area contributed by atoms with Crippen molar-refractivity contribution in [2.45, 2.75) is 49.9 Å². The molecule has 2 heterocycles. The number of carbonyl (C=O) groups excluding carboxylic acids is 3. The SMILES string of the molecule is NC(Cc1cnc[nH]1)C(=O)NC(CS)C(=O)NC(CCC(=O)O)C(=O)NC(Cc1c[nH]c2ccccc12)C(=O)O. The maximum Gasteiger partial charge on any atom is 0.326 e. The van der Waals surface area contributed by atoms with E-state index in [0.29, 0.717) is 11.3 Å². The lowest BCUT2D eigenvalue weighted by molar-refractivity contribution is -0.143. The zero-order valence-corrected chi connectivity index (χ0v) is 22.2. The molecule has 0 bridgehead atoms. The third-order valence-corrected chi connectivity index (χ3v) is 6.51. The second-order valence-electron chi connectivity index (χ2n) is 9.09. The molecule has 3 rings (SSSR count). The second-order valence-corrected chi connectivity index (χ2v) is 9.45. The molecular weight excluding hydrogens is 542 g/mol. The van der Waals surface area contributed by atoms with Crippen LogP contribution in [0.25, 0.3) is 10.9 Å². The first-order valence-electron chi connectivity index (χ1n) is 12.3. The Hall–Kier alpha value is -4.37. The predicted octanol–water partition coefficient (Wildman–Crippen LogP) is -0.663. The standard InChI is InChI=1S/C25H31N7O7S/c26-16(8-14-10-27-12-29-14)22(35)32-20(11-40)24(37)30-18(5-6-21(33)34)23(36)31-19(25(38)39)7-13-9-28-17-4-2-1-3-15(13)17/h1-4,9-10,12,16,18-20,28,40H,5-8,11,26H2,(H,27,29)(H,30,37)(H,31,36)(H,32,35)(H,33,34)(H,38,39). The Morgan fingerprint density at radius 1 is 0.925 bits per heavy atom. The van der Waals surface area contributed by atoms with Crippen molar-refractivity contribution in [3.05, 3.63) is 54.2 Å². The predicted molar refractivity (Wildman–Crippen MR) is 146 cm³/mol. The number of amides is 3.